The number of hydrogen-bond acceptors (Lipinski definition) is 16. The number of amides is 3. The molecule has 446 valence electrons. The van der Waals surface area contributed by atoms with E-state index < -0.39 is 17.4 Å². The van der Waals surface area contributed by atoms with Crippen LogP contribution in [0.2, 0.25) is 0 Å². The van der Waals surface area contributed by atoms with Gasteiger partial charge >= 0.3 is 6.01 Å². The highest BCUT2D eigenvalue weighted by Gasteiger charge is 2.50. The van der Waals surface area contributed by atoms with Crippen LogP contribution in [0.5, 0.6) is 17.5 Å². The van der Waals surface area contributed by atoms with Crippen LogP contribution in [0.25, 0.3) is 32.8 Å². The standard InChI is InChI=1S/C65H82N10O8S/c1-5-58(77)72-30-32-73(33-31-72)60-52-25-29-74(56-39-46(76)38-45-16-9-10-17-48(45)56)41-53(52)69-64(70-60)83-43(2)40-71-27-23-47(24-28-71)81-36-34-80-35-37-82-57-22-21-50(49-18-11-12-19-51(49)57)54-42-84-61(68-54)55-20-13-26-75(55)62(78)59(44-14-7-6-8-15-44)65(3,67-4)63(66)79/h5,9-12,16-19,21-22,38-39,42-44,47,55,59,67,76H,1,6-8,13-15,20,23-37,40-41H2,2-4H3,(H2,66,79)/t43-,55+,59-,65?/m1/s1. The first kappa shape index (κ1) is 58.9. The Balaban J connectivity index is 0.642. The fourth-order valence-corrected chi connectivity index (χ4v) is 14.6. The second kappa shape index (κ2) is 26.6. The highest BCUT2D eigenvalue weighted by molar-refractivity contribution is 7.10. The molecule has 4 aliphatic heterocycles. The summed E-state index contributed by atoms with van der Waals surface area (Å²) < 4.78 is 25.2. The van der Waals surface area contributed by atoms with E-state index >= 15 is 0 Å². The number of piperazine rings is 1. The van der Waals surface area contributed by atoms with Crippen molar-refractivity contribution >= 4 is 62.1 Å². The number of nitrogens with zero attached hydrogens (tertiary/aromatic N) is 8. The van der Waals surface area contributed by atoms with Gasteiger partial charge < -0.3 is 54.7 Å². The molecule has 3 saturated heterocycles. The van der Waals surface area contributed by atoms with Crippen LogP contribution < -0.4 is 30.3 Å². The number of thiazole rings is 1. The van der Waals surface area contributed by atoms with Gasteiger partial charge in [-0.2, -0.15) is 9.97 Å². The number of hydrogen-bond donors (Lipinski definition) is 3. The first-order valence-electron chi connectivity index (χ1n) is 30.4. The largest absolute Gasteiger partial charge is 0.508 e. The number of carbonyl (C=O) groups is 3. The van der Waals surface area contributed by atoms with Crippen LogP contribution in [-0.4, -0.2) is 163 Å². The van der Waals surface area contributed by atoms with E-state index in [1.165, 1.54) is 6.08 Å². The van der Waals surface area contributed by atoms with Gasteiger partial charge in [0.15, 0.2) is 0 Å². The molecule has 0 spiro atoms. The maximum absolute atomic E-state index is 14.7. The van der Waals surface area contributed by atoms with Crippen LogP contribution in [0.4, 0.5) is 11.5 Å². The van der Waals surface area contributed by atoms with Crippen molar-refractivity contribution < 1.29 is 38.4 Å². The minimum atomic E-state index is -1.15. The number of piperidine rings is 1. The van der Waals surface area contributed by atoms with Crippen LogP contribution in [0.3, 0.4) is 0 Å². The van der Waals surface area contributed by atoms with Crippen molar-refractivity contribution in [2.24, 2.45) is 17.6 Å². The Hall–Kier alpha value is -6.90. The predicted octanol–water partition coefficient (Wildman–Crippen LogP) is 8.68. The number of ether oxygens (including phenoxy) is 4. The average molecular weight is 1160 g/mol. The van der Waals surface area contributed by atoms with Crippen molar-refractivity contribution in [3.63, 3.8) is 0 Å². The van der Waals surface area contributed by atoms with Crippen molar-refractivity contribution in [3.05, 3.63) is 107 Å². The van der Waals surface area contributed by atoms with Gasteiger partial charge in [-0.3, -0.25) is 19.3 Å². The number of aromatic nitrogens is 3. The van der Waals surface area contributed by atoms with Crippen molar-refractivity contribution in [2.45, 2.75) is 108 Å². The summed E-state index contributed by atoms with van der Waals surface area (Å²) in [5.41, 5.74) is 9.73. The SMILES string of the molecule is C=CC(=O)N1CCN(c2nc(O[C@H](C)CN3CCC(OCCOCCOc4ccc(-c5csc([C@@H]6CCCN6C(=O)[C@@H](C6CCCCC6)C(C)(NC)C(N)=O)n5)c5ccccc45)CC3)nc3c2CCN(c2cc(O)cc4ccccc24)C3)CC1. The molecule has 3 amide bonds. The quantitative estimate of drug-likeness (QED) is 0.0430. The molecule has 11 rings (SSSR count). The maximum atomic E-state index is 14.7. The highest BCUT2D eigenvalue weighted by atomic mass is 32.1. The fraction of sp³-hybridized carbons (Fsp3) is 0.508. The van der Waals surface area contributed by atoms with Crippen LogP contribution in [0.1, 0.15) is 93.9 Å². The molecule has 4 aromatic carbocycles. The lowest BCUT2D eigenvalue weighted by Crippen LogP contribution is -2.63. The van der Waals surface area contributed by atoms with Crippen LogP contribution in [0.15, 0.2) is 90.8 Å². The van der Waals surface area contributed by atoms with E-state index in [1.54, 1.807) is 31.4 Å². The molecule has 4 atom stereocenters. The molecule has 4 N–H and O–H groups in total. The Kier molecular flexibility index (Phi) is 18.6. The lowest BCUT2D eigenvalue weighted by molar-refractivity contribution is -0.147. The lowest BCUT2D eigenvalue weighted by atomic mass is 9.69. The summed E-state index contributed by atoms with van der Waals surface area (Å²) in [5, 5.41) is 21.0. The van der Waals surface area contributed by atoms with E-state index in [1.807, 2.05) is 52.3 Å². The molecule has 84 heavy (non-hydrogen) atoms. The summed E-state index contributed by atoms with van der Waals surface area (Å²) in [6.45, 7) is 16.2. The number of nitrogens with two attached hydrogens (primary N) is 1. The number of nitrogens with one attached hydrogen (secondary N) is 1. The second-order valence-corrected chi connectivity index (χ2v) is 24.4. The first-order valence-corrected chi connectivity index (χ1v) is 31.3. The summed E-state index contributed by atoms with van der Waals surface area (Å²) in [6.07, 6.45) is 10.7. The van der Waals surface area contributed by atoms with Gasteiger partial charge in [0.25, 0.3) is 0 Å². The normalized spacial score (nSPS) is 19.7. The monoisotopic (exact) mass is 1160 g/mol. The van der Waals surface area contributed by atoms with Gasteiger partial charge in [0.1, 0.15) is 40.6 Å². The third-order valence-electron chi connectivity index (χ3n) is 18.2. The van der Waals surface area contributed by atoms with E-state index in [0.717, 1.165) is 157 Å². The zero-order valence-corrected chi connectivity index (χ0v) is 49.8. The van der Waals surface area contributed by atoms with Gasteiger partial charge in [0.05, 0.1) is 55.8 Å². The predicted molar refractivity (Wildman–Crippen MR) is 329 cm³/mol. The first-order chi connectivity index (χ1) is 40.9. The molecule has 5 aliphatic rings. The number of phenols is 1. The Labute approximate surface area is 497 Å². The minimum absolute atomic E-state index is 0.00278. The molecule has 6 heterocycles. The summed E-state index contributed by atoms with van der Waals surface area (Å²) in [5.74, 6) is 0.888. The van der Waals surface area contributed by atoms with E-state index in [9.17, 15) is 19.5 Å². The highest BCUT2D eigenvalue weighted by Crippen LogP contribution is 2.44. The molecule has 18 nitrogen and oxygen atoms in total. The van der Waals surface area contributed by atoms with E-state index in [2.05, 4.69) is 63.2 Å². The number of phenolic OH excluding ortho intramolecular Hbond substituents is 1. The van der Waals surface area contributed by atoms with Gasteiger partial charge in [0, 0.05) is 97.9 Å². The summed E-state index contributed by atoms with van der Waals surface area (Å²) >= 11 is 1.59. The molecule has 6 aromatic rings. The number of fused-ring (bicyclic) bond motifs is 3. The molecule has 0 radical (unpaired) electrons. The number of aromatic hydroxyl groups is 1. The van der Waals surface area contributed by atoms with Crippen molar-refractivity contribution in [3.8, 4) is 28.8 Å². The molecule has 0 bridgehead atoms. The fourth-order valence-electron chi connectivity index (χ4n) is 13.6. The average Bonchev–Trinajstić information content (AvgIpc) is 3.79. The van der Waals surface area contributed by atoms with E-state index in [-0.39, 0.29) is 41.7 Å². The number of rotatable bonds is 22. The molecule has 1 unspecified atom stereocenters. The zero-order valence-electron chi connectivity index (χ0n) is 49.0. The number of primary amides is 1. The van der Waals surface area contributed by atoms with Gasteiger partial charge in [-0.1, -0.05) is 74.4 Å². The van der Waals surface area contributed by atoms with Crippen molar-refractivity contribution in [1.82, 2.24) is 35.0 Å². The number of carbonyl (C=O) groups excluding carboxylic acids is 3. The maximum Gasteiger partial charge on any atom is 0.318 e. The number of likely N-dealkylation sites (tertiary alicyclic amines) is 2. The van der Waals surface area contributed by atoms with Gasteiger partial charge in [-0.05, 0) is 107 Å². The molecule has 4 fully saturated rings. The minimum Gasteiger partial charge on any atom is -0.508 e. The molecule has 19 heteroatoms. The molecular formula is C65H82N10O8S. The summed E-state index contributed by atoms with van der Waals surface area (Å²) in [6, 6.07) is 24.3. The lowest BCUT2D eigenvalue weighted by Gasteiger charge is -2.42. The summed E-state index contributed by atoms with van der Waals surface area (Å²) in [4.78, 5) is 66.2. The Morgan fingerprint density at radius 2 is 1.58 bits per heavy atom. The smallest absolute Gasteiger partial charge is 0.318 e. The molecular weight excluding hydrogens is 1080 g/mol. The third kappa shape index (κ3) is 12.9. The molecule has 1 saturated carbocycles. The third-order valence-corrected chi connectivity index (χ3v) is 19.2. The van der Waals surface area contributed by atoms with Gasteiger partial charge in [-0.25, -0.2) is 4.98 Å². The zero-order chi connectivity index (χ0) is 58.3. The van der Waals surface area contributed by atoms with Crippen LogP contribution in [-0.2, 0) is 36.8 Å². The van der Waals surface area contributed by atoms with E-state index in [4.69, 9.17) is 39.6 Å². The van der Waals surface area contributed by atoms with Gasteiger partial charge in [-0.15, -0.1) is 11.3 Å². The van der Waals surface area contributed by atoms with Crippen LogP contribution >= 0.6 is 11.3 Å². The van der Waals surface area contributed by atoms with Crippen LogP contribution in [0, 0.1) is 11.8 Å². The van der Waals surface area contributed by atoms with Crippen molar-refractivity contribution in [2.75, 3.05) is 102 Å². The van der Waals surface area contributed by atoms with Gasteiger partial charge in [0.2, 0.25) is 17.7 Å². The van der Waals surface area contributed by atoms with Crippen molar-refractivity contribution in [1.29, 1.82) is 0 Å². The Bertz CT molecular complexity index is 3300. The Morgan fingerprint density at radius 1 is 0.833 bits per heavy atom. The molecule has 1 aliphatic carbocycles. The van der Waals surface area contributed by atoms with E-state index in [0.29, 0.717) is 71.7 Å². The number of likely N-dealkylation sites (N-methyl/N-ethyl adjacent to an activating group) is 1. The molecule has 2 aromatic heterocycles. The number of anilines is 2. The second-order valence-electron chi connectivity index (χ2n) is 23.5. The topological polar surface area (TPSA) is 201 Å². The number of benzene rings is 4. The Morgan fingerprint density at radius 3 is 2.35 bits per heavy atom. The summed E-state index contributed by atoms with van der Waals surface area (Å²) in [7, 11) is 1.74.